The van der Waals surface area contributed by atoms with E-state index in [-0.39, 0.29) is 5.75 Å². The molecule has 1 aliphatic heterocycles. The molecular weight excluding hydrogens is 200 g/mol. The van der Waals surface area contributed by atoms with Crippen molar-refractivity contribution in [1.82, 2.24) is 10.6 Å². The minimum absolute atomic E-state index is 0.138. The summed E-state index contributed by atoms with van der Waals surface area (Å²) in [6.07, 6.45) is 0. The van der Waals surface area contributed by atoms with Gasteiger partial charge in [0.1, 0.15) is 5.75 Å². The second-order valence-corrected chi connectivity index (χ2v) is 3.83. The third-order valence-electron chi connectivity index (χ3n) is 2.42. The van der Waals surface area contributed by atoms with Gasteiger partial charge in [0.05, 0.1) is 5.02 Å². The molecule has 1 unspecified atom stereocenters. The number of benzene rings is 1. The van der Waals surface area contributed by atoms with Crippen LogP contribution in [0.1, 0.15) is 11.6 Å². The summed E-state index contributed by atoms with van der Waals surface area (Å²) in [6.45, 7) is 2.87. The molecule has 76 valence electrons. The molecule has 0 saturated carbocycles. The molecule has 14 heavy (non-hydrogen) atoms. The average molecular weight is 213 g/mol. The highest BCUT2D eigenvalue weighted by Crippen LogP contribution is 2.26. The van der Waals surface area contributed by atoms with Gasteiger partial charge in [0.2, 0.25) is 0 Å². The maximum atomic E-state index is 9.27. The number of halogens is 1. The van der Waals surface area contributed by atoms with Gasteiger partial charge in [-0.1, -0.05) is 17.7 Å². The Hall–Kier alpha value is -0.770. The summed E-state index contributed by atoms with van der Waals surface area (Å²) in [5.41, 5.74) is 1.11. The van der Waals surface area contributed by atoms with Crippen molar-refractivity contribution in [3.8, 4) is 5.75 Å². The molecule has 0 aromatic heterocycles. The van der Waals surface area contributed by atoms with E-state index in [0.717, 1.165) is 25.2 Å². The lowest BCUT2D eigenvalue weighted by Gasteiger charge is -2.25. The van der Waals surface area contributed by atoms with Crippen LogP contribution in [0.2, 0.25) is 5.02 Å². The van der Waals surface area contributed by atoms with E-state index >= 15 is 0 Å². The molecule has 3 nitrogen and oxygen atoms in total. The minimum atomic E-state index is 0.138. The predicted octanol–water partition coefficient (Wildman–Crippen LogP) is 1.28. The first kappa shape index (κ1) is 9.77. The van der Waals surface area contributed by atoms with Gasteiger partial charge in [-0.2, -0.15) is 0 Å². The molecule has 0 radical (unpaired) electrons. The summed E-state index contributed by atoms with van der Waals surface area (Å²) >= 11 is 5.83. The van der Waals surface area contributed by atoms with Crippen LogP contribution in [0.5, 0.6) is 5.75 Å². The summed E-state index contributed by atoms with van der Waals surface area (Å²) in [7, 11) is 0. The molecule has 1 atom stereocenters. The largest absolute Gasteiger partial charge is 0.506 e. The van der Waals surface area contributed by atoms with Gasteiger partial charge < -0.3 is 15.7 Å². The Morgan fingerprint density at radius 1 is 1.36 bits per heavy atom. The van der Waals surface area contributed by atoms with Crippen LogP contribution in [-0.4, -0.2) is 24.7 Å². The van der Waals surface area contributed by atoms with Gasteiger partial charge in [0, 0.05) is 25.7 Å². The summed E-state index contributed by atoms with van der Waals surface area (Å²) in [4.78, 5) is 0. The van der Waals surface area contributed by atoms with Crippen molar-refractivity contribution in [3.63, 3.8) is 0 Å². The van der Waals surface area contributed by atoms with Crippen LogP contribution < -0.4 is 10.6 Å². The van der Waals surface area contributed by atoms with E-state index in [1.807, 2.05) is 12.1 Å². The van der Waals surface area contributed by atoms with E-state index in [0.29, 0.717) is 11.1 Å². The minimum Gasteiger partial charge on any atom is -0.506 e. The number of hydrogen-bond acceptors (Lipinski definition) is 3. The average Bonchev–Trinajstić information content (AvgIpc) is 2.23. The van der Waals surface area contributed by atoms with Crippen LogP contribution in [-0.2, 0) is 0 Å². The summed E-state index contributed by atoms with van der Waals surface area (Å²) in [5, 5.41) is 16.4. The van der Waals surface area contributed by atoms with Crippen molar-refractivity contribution in [3.05, 3.63) is 28.8 Å². The number of aromatic hydroxyl groups is 1. The Morgan fingerprint density at radius 2 is 2.21 bits per heavy atom. The molecule has 1 aromatic rings. The molecule has 1 aliphatic rings. The van der Waals surface area contributed by atoms with E-state index in [1.165, 1.54) is 0 Å². The maximum Gasteiger partial charge on any atom is 0.134 e. The number of piperazine rings is 1. The summed E-state index contributed by atoms with van der Waals surface area (Å²) in [6, 6.07) is 5.63. The van der Waals surface area contributed by atoms with Crippen molar-refractivity contribution in [2.24, 2.45) is 0 Å². The normalized spacial score (nSPS) is 22.2. The topological polar surface area (TPSA) is 44.3 Å². The first-order valence-corrected chi connectivity index (χ1v) is 5.07. The Balaban J connectivity index is 2.18. The highest BCUT2D eigenvalue weighted by atomic mass is 35.5. The first-order chi connectivity index (χ1) is 6.77. The van der Waals surface area contributed by atoms with Crippen molar-refractivity contribution in [1.29, 1.82) is 0 Å². The van der Waals surface area contributed by atoms with Crippen LogP contribution >= 0.6 is 11.6 Å². The molecule has 1 fully saturated rings. The van der Waals surface area contributed by atoms with Gasteiger partial charge >= 0.3 is 0 Å². The van der Waals surface area contributed by atoms with Crippen LogP contribution in [0, 0.1) is 0 Å². The first-order valence-electron chi connectivity index (χ1n) is 4.70. The third kappa shape index (κ3) is 2.00. The lowest BCUT2D eigenvalue weighted by atomic mass is 10.1. The van der Waals surface area contributed by atoms with Crippen molar-refractivity contribution in [2.45, 2.75) is 6.04 Å². The van der Waals surface area contributed by atoms with Crippen molar-refractivity contribution in [2.75, 3.05) is 19.6 Å². The van der Waals surface area contributed by atoms with E-state index in [2.05, 4.69) is 10.6 Å². The highest BCUT2D eigenvalue weighted by molar-refractivity contribution is 6.32. The number of nitrogens with one attached hydrogen (secondary N) is 2. The fraction of sp³-hybridized carbons (Fsp3) is 0.400. The van der Waals surface area contributed by atoms with E-state index < -0.39 is 0 Å². The Bertz CT molecular complexity index is 324. The second kappa shape index (κ2) is 4.17. The molecule has 1 saturated heterocycles. The molecule has 0 aliphatic carbocycles. The molecular formula is C10H13ClN2O. The van der Waals surface area contributed by atoms with Gasteiger partial charge in [-0.3, -0.25) is 0 Å². The Kier molecular flexibility index (Phi) is 2.91. The molecule has 2 rings (SSSR count). The third-order valence-corrected chi connectivity index (χ3v) is 2.72. The van der Waals surface area contributed by atoms with Gasteiger partial charge in [0.25, 0.3) is 0 Å². The molecule has 0 spiro atoms. The fourth-order valence-electron chi connectivity index (χ4n) is 1.63. The van der Waals surface area contributed by atoms with Crippen LogP contribution in [0.15, 0.2) is 18.2 Å². The number of phenols is 1. The van der Waals surface area contributed by atoms with Crippen LogP contribution in [0.25, 0.3) is 0 Å². The number of rotatable bonds is 1. The van der Waals surface area contributed by atoms with Crippen LogP contribution in [0.3, 0.4) is 0 Å². The zero-order valence-corrected chi connectivity index (χ0v) is 8.51. The summed E-state index contributed by atoms with van der Waals surface area (Å²) in [5.74, 6) is 0.138. The van der Waals surface area contributed by atoms with Gasteiger partial charge in [-0.05, 0) is 17.7 Å². The Morgan fingerprint density at radius 3 is 2.86 bits per heavy atom. The summed E-state index contributed by atoms with van der Waals surface area (Å²) < 4.78 is 0. The molecule has 1 heterocycles. The highest BCUT2D eigenvalue weighted by Gasteiger charge is 2.14. The van der Waals surface area contributed by atoms with Crippen molar-refractivity contribution < 1.29 is 5.11 Å². The lowest BCUT2D eigenvalue weighted by Crippen LogP contribution is -2.42. The molecule has 0 bridgehead atoms. The molecule has 3 N–H and O–H groups in total. The maximum absolute atomic E-state index is 9.27. The lowest BCUT2D eigenvalue weighted by molar-refractivity contribution is 0.429. The second-order valence-electron chi connectivity index (χ2n) is 3.42. The van der Waals surface area contributed by atoms with E-state index in [1.54, 1.807) is 6.07 Å². The molecule has 0 amide bonds. The zero-order valence-electron chi connectivity index (χ0n) is 7.76. The van der Waals surface area contributed by atoms with E-state index in [4.69, 9.17) is 11.6 Å². The number of phenolic OH excluding ortho intramolecular Hbond substituents is 1. The fourth-order valence-corrected chi connectivity index (χ4v) is 1.82. The quantitative estimate of drug-likeness (QED) is 0.657. The molecule has 1 aromatic carbocycles. The standard InChI is InChI=1S/C10H13ClN2O/c11-8-5-7(1-2-10(8)14)9-6-12-3-4-13-9/h1-2,5,9,12-14H,3-4,6H2. The molecule has 4 heteroatoms. The number of hydrogen-bond donors (Lipinski definition) is 3. The van der Waals surface area contributed by atoms with Gasteiger partial charge in [-0.25, -0.2) is 0 Å². The monoisotopic (exact) mass is 212 g/mol. The predicted molar refractivity (Wildman–Crippen MR) is 56.7 cm³/mol. The Labute approximate surface area is 88.1 Å². The van der Waals surface area contributed by atoms with Gasteiger partial charge in [0.15, 0.2) is 0 Å². The zero-order chi connectivity index (χ0) is 9.97. The smallest absolute Gasteiger partial charge is 0.134 e. The SMILES string of the molecule is Oc1ccc(C2CNCCN2)cc1Cl. The van der Waals surface area contributed by atoms with Gasteiger partial charge in [-0.15, -0.1) is 0 Å². The van der Waals surface area contributed by atoms with E-state index in [9.17, 15) is 5.11 Å². The van der Waals surface area contributed by atoms with Crippen molar-refractivity contribution >= 4 is 11.6 Å². The van der Waals surface area contributed by atoms with Crippen LogP contribution in [0.4, 0.5) is 0 Å².